The highest BCUT2D eigenvalue weighted by Crippen LogP contribution is 2.23. The summed E-state index contributed by atoms with van der Waals surface area (Å²) in [5.41, 5.74) is 1.74. The normalized spacial score (nSPS) is 9.83. The lowest BCUT2D eigenvalue weighted by atomic mass is 10.2. The highest BCUT2D eigenvalue weighted by atomic mass is 35.5. The molecule has 2 aromatic carbocycles. The van der Waals surface area contributed by atoms with Crippen molar-refractivity contribution >= 4 is 17.3 Å². The maximum Gasteiger partial charge on any atom is 0.128 e. The van der Waals surface area contributed by atoms with E-state index in [1.807, 2.05) is 6.07 Å². The molecule has 0 aliphatic rings. The number of anilines is 1. The van der Waals surface area contributed by atoms with Crippen LogP contribution in [0.25, 0.3) is 0 Å². The van der Waals surface area contributed by atoms with Gasteiger partial charge in [-0.05, 0) is 24.3 Å². The second-order valence-corrected chi connectivity index (χ2v) is 4.16. The quantitative estimate of drug-likeness (QED) is 0.907. The number of hydrogen-bond acceptors (Lipinski definition) is 2. The van der Waals surface area contributed by atoms with Gasteiger partial charge in [0.15, 0.2) is 0 Å². The van der Waals surface area contributed by atoms with Gasteiger partial charge >= 0.3 is 0 Å². The van der Waals surface area contributed by atoms with E-state index in [1.165, 1.54) is 6.07 Å². The SMILES string of the molecule is N#Cc1ccc(NCc2ccccc2F)c(Cl)c1. The lowest BCUT2D eigenvalue weighted by molar-refractivity contribution is 0.613. The Morgan fingerprint density at radius 3 is 2.67 bits per heavy atom. The molecule has 1 N–H and O–H groups in total. The third kappa shape index (κ3) is 2.79. The zero-order valence-electron chi connectivity index (χ0n) is 9.45. The van der Waals surface area contributed by atoms with E-state index in [-0.39, 0.29) is 5.82 Å². The van der Waals surface area contributed by atoms with E-state index in [1.54, 1.807) is 36.4 Å². The molecule has 0 radical (unpaired) electrons. The molecule has 0 fully saturated rings. The van der Waals surface area contributed by atoms with E-state index in [4.69, 9.17) is 16.9 Å². The highest BCUT2D eigenvalue weighted by Gasteiger charge is 2.04. The number of halogens is 2. The fraction of sp³-hybridized carbons (Fsp3) is 0.0714. The van der Waals surface area contributed by atoms with Gasteiger partial charge in [-0.3, -0.25) is 0 Å². The van der Waals surface area contributed by atoms with E-state index in [0.29, 0.717) is 28.4 Å². The Kier molecular flexibility index (Phi) is 3.81. The molecule has 0 saturated carbocycles. The molecule has 0 aliphatic carbocycles. The molecular formula is C14H10ClFN2. The summed E-state index contributed by atoms with van der Waals surface area (Å²) in [6.45, 7) is 0.346. The standard InChI is InChI=1S/C14H10ClFN2/c15-12-7-10(8-17)5-6-14(12)18-9-11-3-1-2-4-13(11)16/h1-7,18H,9H2. The van der Waals surface area contributed by atoms with Crippen molar-refractivity contribution in [1.82, 2.24) is 0 Å². The minimum Gasteiger partial charge on any atom is -0.380 e. The summed E-state index contributed by atoms with van der Waals surface area (Å²) in [4.78, 5) is 0. The Morgan fingerprint density at radius 1 is 1.22 bits per heavy atom. The van der Waals surface area contributed by atoms with Crippen molar-refractivity contribution in [1.29, 1.82) is 5.26 Å². The van der Waals surface area contributed by atoms with Crippen LogP contribution in [-0.2, 0) is 6.54 Å². The molecule has 0 aromatic heterocycles. The molecule has 0 atom stereocenters. The predicted molar refractivity (Wildman–Crippen MR) is 69.9 cm³/mol. The summed E-state index contributed by atoms with van der Waals surface area (Å²) >= 11 is 6.01. The van der Waals surface area contributed by atoms with Crippen LogP contribution in [0.2, 0.25) is 5.02 Å². The molecule has 2 nitrogen and oxygen atoms in total. The molecule has 4 heteroatoms. The first-order valence-electron chi connectivity index (χ1n) is 5.37. The second kappa shape index (κ2) is 5.52. The highest BCUT2D eigenvalue weighted by molar-refractivity contribution is 6.33. The summed E-state index contributed by atoms with van der Waals surface area (Å²) in [6, 6.07) is 13.5. The van der Waals surface area contributed by atoms with Gasteiger partial charge in [0, 0.05) is 12.1 Å². The van der Waals surface area contributed by atoms with Gasteiger partial charge in [0.2, 0.25) is 0 Å². The molecule has 0 aliphatic heterocycles. The van der Waals surface area contributed by atoms with Gasteiger partial charge in [0.25, 0.3) is 0 Å². The second-order valence-electron chi connectivity index (χ2n) is 3.75. The van der Waals surface area contributed by atoms with Gasteiger partial charge in [0.05, 0.1) is 22.3 Å². The average molecular weight is 261 g/mol. The predicted octanol–water partition coefficient (Wildman–Crippen LogP) is 3.96. The number of rotatable bonds is 3. The largest absolute Gasteiger partial charge is 0.380 e. The molecule has 18 heavy (non-hydrogen) atoms. The van der Waals surface area contributed by atoms with Crippen LogP contribution in [0.1, 0.15) is 11.1 Å². The number of nitriles is 1. The lowest BCUT2D eigenvalue weighted by Gasteiger charge is -2.09. The van der Waals surface area contributed by atoms with Gasteiger partial charge in [-0.1, -0.05) is 29.8 Å². The summed E-state index contributed by atoms with van der Waals surface area (Å²) < 4.78 is 13.4. The third-order valence-electron chi connectivity index (χ3n) is 2.53. The Labute approximate surface area is 110 Å². The number of hydrogen-bond donors (Lipinski definition) is 1. The van der Waals surface area contributed by atoms with Crippen molar-refractivity contribution in [2.45, 2.75) is 6.54 Å². The van der Waals surface area contributed by atoms with Crippen molar-refractivity contribution in [3.8, 4) is 6.07 Å². The average Bonchev–Trinajstić information content (AvgIpc) is 2.39. The molecule has 0 saturated heterocycles. The van der Waals surface area contributed by atoms with Crippen LogP contribution >= 0.6 is 11.6 Å². The summed E-state index contributed by atoms with van der Waals surface area (Å²) in [5.74, 6) is -0.255. The van der Waals surface area contributed by atoms with Crippen molar-refractivity contribution < 1.29 is 4.39 Å². The van der Waals surface area contributed by atoms with Crippen LogP contribution < -0.4 is 5.32 Å². The van der Waals surface area contributed by atoms with E-state index < -0.39 is 0 Å². The number of benzene rings is 2. The smallest absolute Gasteiger partial charge is 0.128 e. The van der Waals surface area contributed by atoms with E-state index in [9.17, 15) is 4.39 Å². The third-order valence-corrected chi connectivity index (χ3v) is 2.84. The zero-order valence-corrected chi connectivity index (χ0v) is 10.2. The number of nitrogens with one attached hydrogen (secondary N) is 1. The molecular weight excluding hydrogens is 251 g/mol. The maximum atomic E-state index is 13.4. The number of nitrogens with zero attached hydrogens (tertiary/aromatic N) is 1. The van der Waals surface area contributed by atoms with E-state index in [0.717, 1.165) is 0 Å². The van der Waals surface area contributed by atoms with Gasteiger partial charge in [-0.2, -0.15) is 5.26 Å². The van der Waals surface area contributed by atoms with Gasteiger partial charge in [-0.25, -0.2) is 4.39 Å². The zero-order chi connectivity index (χ0) is 13.0. The first-order valence-corrected chi connectivity index (χ1v) is 5.75. The van der Waals surface area contributed by atoms with Crippen LogP contribution in [0.15, 0.2) is 42.5 Å². The maximum absolute atomic E-state index is 13.4. The minimum absolute atomic E-state index is 0.255. The van der Waals surface area contributed by atoms with E-state index in [2.05, 4.69) is 5.32 Å². The van der Waals surface area contributed by atoms with Gasteiger partial charge < -0.3 is 5.32 Å². The van der Waals surface area contributed by atoms with Crippen LogP contribution in [0.4, 0.5) is 10.1 Å². The molecule has 0 unspecified atom stereocenters. The molecule has 0 amide bonds. The van der Waals surface area contributed by atoms with Crippen LogP contribution in [0.5, 0.6) is 0 Å². The van der Waals surface area contributed by atoms with Gasteiger partial charge in [-0.15, -0.1) is 0 Å². The molecule has 0 heterocycles. The van der Waals surface area contributed by atoms with Gasteiger partial charge in [0.1, 0.15) is 5.82 Å². The first-order chi connectivity index (χ1) is 8.70. The monoisotopic (exact) mass is 260 g/mol. The summed E-state index contributed by atoms with van der Waals surface area (Å²) in [6.07, 6.45) is 0. The Bertz CT molecular complexity index is 605. The molecule has 2 aromatic rings. The molecule has 0 bridgehead atoms. The van der Waals surface area contributed by atoms with Crippen LogP contribution in [0, 0.1) is 17.1 Å². The van der Waals surface area contributed by atoms with E-state index >= 15 is 0 Å². The molecule has 90 valence electrons. The topological polar surface area (TPSA) is 35.8 Å². The first kappa shape index (κ1) is 12.4. The Morgan fingerprint density at radius 2 is 2.00 bits per heavy atom. The molecule has 2 rings (SSSR count). The summed E-state index contributed by atoms with van der Waals surface area (Å²) in [5, 5.41) is 12.2. The molecule has 0 spiro atoms. The fourth-order valence-corrected chi connectivity index (χ4v) is 1.81. The van der Waals surface area contributed by atoms with Crippen LogP contribution in [-0.4, -0.2) is 0 Å². The Balaban J connectivity index is 2.12. The minimum atomic E-state index is -0.255. The van der Waals surface area contributed by atoms with Crippen LogP contribution in [0.3, 0.4) is 0 Å². The fourth-order valence-electron chi connectivity index (χ4n) is 1.56. The van der Waals surface area contributed by atoms with Crippen molar-refractivity contribution in [2.24, 2.45) is 0 Å². The summed E-state index contributed by atoms with van der Waals surface area (Å²) in [7, 11) is 0. The van der Waals surface area contributed by atoms with Crippen molar-refractivity contribution in [3.63, 3.8) is 0 Å². The Hall–Kier alpha value is -2.05. The van der Waals surface area contributed by atoms with Crippen molar-refractivity contribution in [2.75, 3.05) is 5.32 Å². The lowest BCUT2D eigenvalue weighted by Crippen LogP contribution is -2.02. The van der Waals surface area contributed by atoms with Crippen molar-refractivity contribution in [3.05, 3.63) is 64.4 Å².